The van der Waals surface area contributed by atoms with Gasteiger partial charge >= 0.3 is 0 Å². The predicted molar refractivity (Wildman–Crippen MR) is 91.8 cm³/mol. The maximum atomic E-state index is 12.6. The van der Waals surface area contributed by atoms with Crippen LogP contribution in [0.1, 0.15) is 65.2 Å². The molecular formula is C21H30O2. The smallest absolute Gasteiger partial charge is 0.139 e. The molecule has 0 spiro atoms. The van der Waals surface area contributed by atoms with Gasteiger partial charge in [0.05, 0.1) is 12.4 Å². The number of Topliss-reactive ketones (excluding diaryl/α,β-unsaturated/α-hetero) is 1. The first kappa shape index (κ1) is 15.5. The molecule has 0 aromatic carbocycles. The fraction of sp³-hybridized carbons (Fsp3) is 0.762. The van der Waals surface area contributed by atoms with Crippen molar-refractivity contribution in [1.82, 2.24) is 0 Å². The van der Waals surface area contributed by atoms with Crippen molar-refractivity contribution >= 4 is 5.78 Å². The lowest BCUT2D eigenvalue weighted by Crippen LogP contribution is -2.46. The van der Waals surface area contributed by atoms with Gasteiger partial charge in [0, 0.05) is 18.3 Å². The summed E-state index contributed by atoms with van der Waals surface area (Å²) in [6.07, 6.45) is 13.8. The molecule has 0 aromatic rings. The second-order valence-electron chi connectivity index (χ2n) is 8.07. The van der Waals surface area contributed by atoms with Gasteiger partial charge in [-0.25, -0.2) is 0 Å². The Morgan fingerprint density at radius 1 is 1.17 bits per heavy atom. The normalized spacial score (nSPS) is 42.3. The van der Waals surface area contributed by atoms with Crippen LogP contribution in [0.2, 0.25) is 0 Å². The third-order valence-electron chi connectivity index (χ3n) is 7.50. The molecule has 2 saturated carbocycles. The van der Waals surface area contributed by atoms with Crippen molar-refractivity contribution in [2.45, 2.75) is 65.2 Å². The van der Waals surface area contributed by atoms with Gasteiger partial charge in [-0.3, -0.25) is 4.79 Å². The molecule has 126 valence electrons. The van der Waals surface area contributed by atoms with Gasteiger partial charge in [0.15, 0.2) is 0 Å². The van der Waals surface area contributed by atoms with Crippen LogP contribution in [-0.4, -0.2) is 12.4 Å². The van der Waals surface area contributed by atoms with Gasteiger partial charge in [0.1, 0.15) is 5.78 Å². The van der Waals surface area contributed by atoms with Gasteiger partial charge in [-0.2, -0.15) is 0 Å². The zero-order valence-corrected chi connectivity index (χ0v) is 14.6. The average molecular weight is 314 g/mol. The van der Waals surface area contributed by atoms with Gasteiger partial charge in [-0.05, 0) is 80.8 Å². The Morgan fingerprint density at radius 3 is 2.83 bits per heavy atom. The maximum absolute atomic E-state index is 12.6. The highest BCUT2D eigenvalue weighted by Crippen LogP contribution is 2.61. The lowest BCUT2D eigenvalue weighted by atomic mass is 9.52. The molecular weight excluding hydrogens is 284 g/mol. The monoisotopic (exact) mass is 314 g/mol. The molecule has 0 amide bonds. The van der Waals surface area contributed by atoms with E-state index in [2.05, 4.69) is 26.0 Å². The summed E-state index contributed by atoms with van der Waals surface area (Å²) in [6, 6.07) is 0. The number of carbonyl (C=O) groups excluding carboxylic acids is 1. The van der Waals surface area contributed by atoms with Crippen LogP contribution < -0.4 is 0 Å². The number of hydrogen-bond acceptors (Lipinski definition) is 2. The van der Waals surface area contributed by atoms with Crippen molar-refractivity contribution in [3.05, 3.63) is 23.5 Å². The molecule has 0 N–H and O–H groups in total. The highest BCUT2D eigenvalue weighted by atomic mass is 16.5. The second-order valence-corrected chi connectivity index (χ2v) is 8.07. The van der Waals surface area contributed by atoms with E-state index in [9.17, 15) is 4.79 Å². The average Bonchev–Trinajstić information content (AvgIpc) is 2.92. The number of carbonyl (C=O) groups is 1. The Kier molecular flexibility index (Phi) is 3.90. The third-order valence-corrected chi connectivity index (χ3v) is 7.50. The Labute approximate surface area is 140 Å². The molecule has 23 heavy (non-hydrogen) atoms. The summed E-state index contributed by atoms with van der Waals surface area (Å²) in [5.41, 5.74) is 1.59. The summed E-state index contributed by atoms with van der Waals surface area (Å²) in [5.74, 6) is 4.72. The van der Waals surface area contributed by atoms with Crippen molar-refractivity contribution in [3.8, 4) is 0 Å². The first-order valence-electron chi connectivity index (χ1n) is 9.76. The van der Waals surface area contributed by atoms with E-state index in [1.807, 2.05) is 0 Å². The van der Waals surface area contributed by atoms with Crippen LogP contribution in [0.25, 0.3) is 0 Å². The molecule has 2 fully saturated rings. The number of allylic oxidation sites excluding steroid dienone is 4. The van der Waals surface area contributed by atoms with Gasteiger partial charge < -0.3 is 4.74 Å². The van der Waals surface area contributed by atoms with Crippen LogP contribution in [0.5, 0.6) is 0 Å². The third kappa shape index (κ3) is 2.24. The first-order chi connectivity index (χ1) is 11.2. The minimum Gasteiger partial charge on any atom is -0.498 e. The van der Waals surface area contributed by atoms with E-state index in [4.69, 9.17) is 4.74 Å². The minimum absolute atomic E-state index is 0.0491. The second kappa shape index (κ2) is 5.79. The maximum Gasteiger partial charge on any atom is 0.139 e. The fourth-order valence-electron chi connectivity index (χ4n) is 6.45. The van der Waals surface area contributed by atoms with Crippen LogP contribution in [-0.2, 0) is 9.53 Å². The quantitative estimate of drug-likeness (QED) is 0.728. The van der Waals surface area contributed by atoms with Crippen molar-refractivity contribution in [3.63, 3.8) is 0 Å². The van der Waals surface area contributed by atoms with E-state index in [1.54, 1.807) is 0 Å². The first-order valence-corrected chi connectivity index (χ1v) is 9.76. The van der Waals surface area contributed by atoms with Crippen molar-refractivity contribution < 1.29 is 9.53 Å². The summed E-state index contributed by atoms with van der Waals surface area (Å²) in [5, 5.41) is 0. The van der Waals surface area contributed by atoms with E-state index < -0.39 is 0 Å². The summed E-state index contributed by atoms with van der Waals surface area (Å²) < 4.78 is 5.76. The van der Waals surface area contributed by atoms with E-state index in [-0.39, 0.29) is 5.41 Å². The molecule has 5 atom stereocenters. The lowest BCUT2D eigenvalue weighted by molar-refractivity contribution is -0.132. The van der Waals surface area contributed by atoms with E-state index in [0.717, 1.165) is 56.5 Å². The Morgan fingerprint density at radius 2 is 2.04 bits per heavy atom. The minimum atomic E-state index is 0.0491. The standard InChI is InChI=1S/C21H30O2/c1-3-21-12-11-17-16-8-6-15(23-4-2)13-14(16)5-7-18(17)19(21)9-10-20(21)22/h5,13,16-19H,3-4,6-12H2,1-2H3/t16-,17+,18+,19-,21?/m0/s1. The van der Waals surface area contributed by atoms with Gasteiger partial charge in [-0.15, -0.1) is 0 Å². The molecule has 4 rings (SSSR count). The topological polar surface area (TPSA) is 26.3 Å². The van der Waals surface area contributed by atoms with Crippen molar-refractivity contribution in [1.29, 1.82) is 0 Å². The largest absolute Gasteiger partial charge is 0.498 e. The molecule has 1 unspecified atom stereocenters. The molecule has 0 heterocycles. The van der Waals surface area contributed by atoms with E-state index in [0.29, 0.717) is 11.7 Å². The fourth-order valence-corrected chi connectivity index (χ4v) is 6.45. The molecule has 2 heteroatoms. The lowest BCUT2D eigenvalue weighted by Gasteiger charge is -2.51. The molecule has 4 aliphatic rings. The number of ether oxygens (including phenoxy) is 1. The number of hydrogen-bond donors (Lipinski definition) is 0. The van der Waals surface area contributed by atoms with Crippen molar-refractivity contribution in [2.24, 2.45) is 29.1 Å². The zero-order chi connectivity index (χ0) is 16.0. The predicted octanol–water partition coefficient (Wildman–Crippen LogP) is 5.05. The number of ketones is 1. The molecule has 0 aliphatic heterocycles. The van der Waals surface area contributed by atoms with E-state index >= 15 is 0 Å². The molecule has 4 aliphatic carbocycles. The molecule has 0 aromatic heterocycles. The Bertz CT molecular complexity index is 558. The Balaban J connectivity index is 1.61. The summed E-state index contributed by atoms with van der Waals surface area (Å²) in [7, 11) is 0. The zero-order valence-electron chi connectivity index (χ0n) is 14.6. The number of rotatable bonds is 3. The molecule has 0 radical (unpaired) electrons. The molecule has 0 saturated heterocycles. The van der Waals surface area contributed by atoms with Gasteiger partial charge in [0.25, 0.3) is 0 Å². The SMILES string of the molecule is CCOC1=CC2=CC[C@@H]3[C@H](CCC4(CC)C(=O)CC[C@@H]34)[C@H]2CC1. The van der Waals surface area contributed by atoms with Crippen LogP contribution in [0, 0.1) is 29.1 Å². The summed E-state index contributed by atoms with van der Waals surface area (Å²) >= 11 is 0. The van der Waals surface area contributed by atoms with Gasteiger partial charge in [0.2, 0.25) is 0 Å². The van der Waals surface area contributed by atoms with Crippen LogP contribution >= 0.6 is 0 Å². The Hall–Kier alpha value is -1.05. The highest BCUT2D eigenvalue weighted by Gasteiger charge is 2.56. The van der Waals surface area contributed by atoms with Crippen LogP contribution in [0.4, 0.5) is 0 Å². The summed E-state index contributed by atoms with van der Waals surface area (Å²) in [6.45, 7) is 5.10. The highest BCUT2D eigenvalue weighted by molar-refractivity contribution is 5.87. The molecule has 2 nitrogen and oxygen atoms in total. The van der Waals surface area contributed by atoms with Crippen molar-refractivity contribution in [2.75, 3.05) is 6.61 Å². The summed E-state index contributed by atoms with van der Waals surface area (Å²) in [4.78, 5) is 12.6. The number of fused-ring (bicyclic) bond motifs is 5. The van der Waals surface area contributed by atoms with Crippen LogP contribution in [0.15, 0.2) is 23.5 Å². The van der Waals surface area contributed by atoms with Gasteiger partial charge in [-0.1, -0.05) is 13.0 Å². The van der Waals surface area contributed by atoms with E-state index in [1.165, 1.54) is 30.6 Å². The molecule has 0 bridgehead atoms. The van der Waals surface area contributed by atoms with Crippen LogP contribution in [0.3, 0.4) is 0 Å².